The standard InChI is InChI=1S/C16H19N3O2S/c1-8-6-12(15(17)22)10(3)11(4)14(8)19-13(20)7-9(2)18(5)16(19)21/h6-7H,1-5H3,(H2,17,22). The third-order valence-corrected chi connectivity index (χ3v) is 4.33. The Kier molecular flexibility index (Phi) is 4.06. The van der Waals surface area contributed by atoms with Gasteiger partial charge in [-0.2, -0.15) is 0 Å². The highest BCUT2D eigenvalue weighted by molar-refractivity contribution is 7.80. The van der Waals surface area contributed by atoms with Crippen molar-refractivity contribution in [3.63, 3.8) is 0 Å². The third kappa shape index (κ3) is 2.39. The predicted molar refractivity (Wildman–Crippen MR) is 92.1 cm³/mol. The minimum absolute atomic E-state index is 0.305. The molecular formula is C16H19N3O2S. The first kappa shape index (κ1) is 16.2. The molecule has 0 bridgehead atoms. The van der Waals surface area contributed by atoms with Crippen LogP contribution in [0.5, 0.6) is 0 Å². The van der Waals surface area contributed by atoms with Crippen molar-refractivity contribution in [3.8, 4) is 5.69 Å². The van der Waals surface area contributed by atoms with Gasteiger partial charge >= 0.3 is 5.69 Å². The fourth-order valence-corrected chi connectivity index (χ4v) is 2.82. The van der Waals surface area contributed by atoms with Crippen molar-refractivity contribution in [2.75, 3.05) is 0 Å². The van der Waals surface area contributed by atoms with E-state index in [1.54, 1.807) is 14.0 Å². The van der Waals surface area contributed by atoms with Gasteiger partial charge in [0.25, 0.3) is 5.56 Å². The molecule has 2 aromatic rings. The Morgan fingerprint density at radius 1 is 1.09 bits per heavy atom. The minimum atomic E-state index is -0.362. The zero-order valence-corrected chi connectivity index (χ0v) is 14.2. The molecule has 0 saturated carbocycles. The Labute approximate surface area is 134 Å². The fraction of sp³-hybridized carbons (Fsp3) is 0.312. The van der Waals surface area contributed by atoms with Crippen LogP contribution in [0.25, 0.3) is 5.69 Å². The van der Waals surface area contributed by atoms with Gasteiger partial charge in [-0.3, -0.25) is 4.79 Å². The van der Waals surface area contributed by atoms with Gasteiger partial charge in [-0.15, -0.1) is 0 Å². The number of hydrogen-bond acceptors (Lipinski definition) is 3. The zero-order valence-electron chi connectivity index (χ0n) is 13.4. The average Bonchev–Trinajstić information content (AvgIpc) is 2.43. The van der Waals surface area contributed by atoms with Crippen LogP contribution in [0, 0.1) is 27.7 Å². The van der Waals surface area contributed by atoms with Crippen molar-refractivity contribution < 1.29 is 0 Å². The molecule has 0 aliphatic carbocycles. The highest BCUT2D eigenvalue weighted by Crippen LogP contribution is 2.24. The Bertz CT molecular complexity index is 907. The van der Waals surface area contributed by atoms with E-state index in [2.05, 4.69) is 0 Å². The molecule has 2 N–H and O–H groups in total. The summed E-state index contributed by atoms with van der Waals surface area (Å²) < 4.78 is 2.66. The number of hydrogen-bond donors (Lipinski definition) is 1. The van der Waals surface area contributed by atoms with Gasteiger partial charge in [0.2, 0.25) is 0 Å². The average molecular weight is 317 g/mol. The van der Waals surface area contributed by atoms with Crippen LogP contribution in [-0.2, 0) is 7.05 Å². The Morgan fingerprint density at radius 3 is 2.23 bits per heavy atom. The van der Waals surface area contributed by atoms with Crippen LogP contribution in [0.2, 0.25) is 0 Å². The molecule has 0 atom stereocenters. The Morgan fingerprint density at radius 2 is 1.68 bits per heavy atom. The van der Waals surface area contributed by atoms with Crippen LogP contribution >= 0.6 is 12.2 Å². The van der Waals surface area contributed by atoms with Gasteiger partial charge in [-0.1, -0.05) is 12.2 Å². The molecule has 0 spiro atoms. The summed E-state index contributed by atoms with van der Waals surface area (Å²) in [5, 5.41) is 0. The second-order valence-electron chi connectivity index (χ2n) is 5.50. The number of nitrogens with zero attached hydrogens (tertiary/aromatic N) is 2. The van der Waals surface area contributed by atoms with Crippen molar-refractivity contribution >= 4 is 17.2 Å². The van der Waals surface area contributed by atoms with E-state index in [1.165, 1.54) is 15.2 Å². The lowest BCUT2D eigenvalue weighted by molar-refractivity contribution is 0.709. The van der Waals surface area contributed by atoms with E-state index in [0.717, 1.165) is 22.3 Å². The Balaban J connectivity index is 2.95. The molecule has 0 aliphatic heterocycles. The summed E-state index contributed by atoms with van der Waals surface area (Å²) in [7, 11) is 1.65. The van der Waals surface area contributed by atoms with Crippen molar-refractivity contribution in [2.24, 2.45) is 12.8 Å². The van der Waals surface area contributed by atoms with E-state index < -0.39 is 0 Å². The molecule has 0 aliphatic rings. The molecule has 0 unspecified atom stereocenters. The number of aromatic nitrogens is 2. The molecule has 22 heavy (non-hydrogen) atoms. The van der Waals surface area contributed by atoms with E-state index in [-0.39, 0.29) is 11.2 Å². The summed E-state index contributed by atoms with van der Waals surface area (Å²) in [6, 6.07) is 3.28. The molecule has 0 amide bonds. The molecular weight excluding hydrogens is 298 g/mol. The van der Waals surface area contributed by atoms with Crippen LogP contribution in [0.15, 0.2) is 21.7 Å². The molecule has 5 nitrogen and oxygen atoms in total. The lowest BCUT2D eigenvalue weighted by Crippen LogP contribution is -2.39. The molecule has 6 heteroatoms. The maximum Gasteiger partial charge on any atom is 0.335 e. The SMILES string of the molecule is Cc1cc(C(N)=S)c(C)c(C)c1-n1c(=O)cc(C)n(C)c1=O. The quantitative estimate of drug-likeness (QED) is 0.850. The first-order valence-electron chi connectivity index (χ1n) is 6.87. The second kappa shape index (κ2) is 5.53. The summed E-state index contributed by atoms with van der Waals surface area (Å²) in [6.45, 7) is 7.32. The van der Waals surface area contributed by atoms with Crippen LogP contribution in [-0.4, -0.2) is 14.1 Å². The number of benzene rings is 1. The summed E-state index contributed by atoms with van der Waals surface area (Å²) in [4.78, 5) is 25.2. The van der Waals surface area contributed by atoms with Gasteiger partial charge in [0.15, 0.2) is 0 Å². The molecule has 0 radical (unpaired) electrons. The molecule has 2 rings (SSSR count). The molecule has 116 valence electrons. The van der Waals surface area contributed by atoms with Crippen molar-refractivity contribution in [2.45, 2.75) is 27.7 Å². The van der Waals surface area contributed by atoms with Crippen LogP contribution in [0.3, 0.4) is 0 Å². The van der Waals surface area contributed by atoms with Crippen molar-refractivity contribution in [3.05, 3.63) is 60.9 Å². The van der Waals surface area contributed by atoms with E-state index in [1.807, 2.05) is 26.8 Å². The van der Waals surface area contributed by atoms with E-state index in [4.69, 9.17) is 18.0 Å². The molecule has 1 aromatic carbocycles. The van der Waals surface area contributed by atoms with Crippen molar-refractivity contribution in [1.29, 1.82) is 0 Å². The first-order valence-corrected chi connectivity index (χ1v) is 7.28. The Hall–Kier alpha value is -2.21. The number of nitrogens with two attached hydrogens (primary N) is 1. The summed E-state index contributed by atoms with van der Waals surface area (Å²) in [6.07, 6.45) is 0. The zero-order chi connectivity index (χ0) is 16.8. The van der Waals surface area contributed by atoms with E-state index in [0.29, 0.717) is 16.4 Å². The lowest BCUT2D eigenvalue weighted by Gasteiger charge is -2.18. The van der Waals surface area contributed by atoms with Gasteiger partial charge in [0.05, 0.1) is 5.69 Å². The third-order valence-electron chi connectivity index (χ3n) is 4.11. The molecule has 0 saturated heterocycles. The van der Waals surface area contributed by atoms with E-state index >= 15 is 0 Å². The van der Waals surface area contributed by atoms with Crippen LogP contribution < -0.4 is 17.0 Å². The van der Waals surface area contributed by atoms with Crippen molar-refractivity contribution in [1.82, 2.24) is 9.13 Å². The smallest absolute Gasteiger partial charge is 0.335 e. The maximum absolute atomic E-state index is 12.5. The summed E-state index contributed by atoms with van der Waals surface area (Å²) in [5.74, 6) is 0. The van der Waals surface area contributed by atoms with Gasteiger partial charge in [0.1, 0.15) is 4.99 Å². The number of rotatable bonds is 2. The van der Waals surface area contributed by atoms with Crippen LogP contribution in [0.1, 0.15) is 27.9 Å². The minimum Gasteiger partial charge on any atom is -0.389 e. The number of aryl methyl sites for hydroxylation is 2. The second-order valence-corrected chi connectivity index (χ2v) is 5.94. The van der Waals surface area contributed by atoms with Gasteiger partial charge in [-0.05, 0) is 50.5 Å². The highest BCUT2D eigenvalue weighted by Gasteiger charge is 2.17. The summed E-state index contributed by atoms with van der Waals surface area (Å²) in [5.41, 5.74) is 9.52. The van der Waals surface area contributed by atoms with Crippen LogP contribution in [0.4, 0.5) is 0 Å². The fourth-order valence-electron chi connectivity index (χ4n) is 2.61. The normalized spacial score (nSPS) is 10.8. The monoisotopic (exact) mass is 317 g/mol. The topological polar surface area (TPSA) is 70.0 Å². The van der Waals surface area contributed by atoms with Gasteiger partial charge in [0, 0.05) is 24.4 Å². The predicted octanol–water partition coefficient (Wildman–Crippen LogP) is 1.40. The highest BCUT2D eigenvalue weighted by atomic mass is 32.1. The van der Waals surface area contributed by atoms with Gasteiger partial charge < -0.3 is 10.3 Å². The maximum atomic E-state index is 12.5. The first-order chi connectivity index (χ1) is 10.2. The largest absolute Gasteiger partial charge is 0.389 e. The van der Waals surface area contributed by atoms with E-state index in [9.17, 15) is 9.59 Å². The lowest BCUT2D eigenvalue weighted by atomic mass is 9.97. The molecule has 1 heterocycles. The van der Waals surface area contributed by atoms with Gasteiger partial charge in [-0.25, -0.2) is 9.36 Å². The summed E-state index contributed by atoms with van der Waals surface area (Å²) >= 11 is 5.06. The molecule has 0 fully saturated rings. The number of thiocarbonyl (C=S) groups is 1. The molecule has 1 aromatic heterocycles.